The number of amides is 1. The lowest BCUT2D eigenvalue weighted by Gasteiger charge is -2.10. The summed E-state index contributed by atoms with van der Waals surface area (Å²) in [6.07, 6.45) is 0.794. The Balaban J connectivity index is 2.28. The molecule has 0 aliphatic rings. The molecule has 2 aromatic carbocycles. The molecule has 2 aromatic rings. The summed E-state index contributed by atoms with van der Waals surface area (Å²) in [6.45, 7) is 1.79. The Morgan fingerprint density at radius 1 is 1.19 bits per heavy atom. The number of nitro benzene ring substituents is 2. The van der Waals surface area contributed by atoms with Gasteiger partial charge in [0.15, 0.2) is 0 Å². The van der Waals surface area contributed by atoms with Gasteiger partial charge in [0.2, 0.25) is 0 Å². The van der Waals surface area contributed by atoms with E-state index in [1.165, 1.54) is 6.07 Å². The van der Waals surface area contributed by atoms with Gasteiger partial charge >= 0.3 is 0 Å². The average Bonchev–Trinajstić information content (AvgIpc) is 2.55. The zero-order valence-electron chi connectivity index (χ0n) is 13.1. The van der Waals surface area contributed by atoms with E-state index in [0.29, 0.717) is 6.07 Å². The molecule has 0 saturated heterocycles. The largest absolute Gasteiger partial charge is 0.867 e. The molecule has 0 unspecified atom stereocenters. The van der Waals surface area contributed by atoms with E-state index in [0.717, 1.165) is 17.8 Å². The lowest BCUT2D eigenvalue weighted by Crippen LogP contribution is -2.18. The summed E-state index contributed by atoms with van der Waals surface area (Å²) < 4.78 is 0. The van der Waals surface area contributed by atoms with Crippen molar-refractivity contribution >= 4 is 35.1 Å². The molecule has 0 aliphatic heterocycles. The first-order chi connectivity index (χ1) is 12.2. The molecule has 2 rings (SSSR count). The molecule has 0 radical (unpaired) electrons. The maximum atomic E-state index is 12.0. The number of halogens is 1. The molecule has 10 nitrogen and oxygen atoms in total. The van der Waals surface area contributed by atoms with Crippen LogP contribution in [0.15, 0.2) is 35.4 Å². The van der Waals surface area contributed by atoms with Gasteiger partial charge in [0.05, 0.1) is 32.7 Å². The number of nitro groups is 2. The smallest absolute Gasteiger partial charge is 0.276 e. The van der Waals surface area contributed by atoms with Crippen molar-refractivity contribution in [2.45, 2.75) is 6.92 Å². The number of nitrogens with zero attached hydrogens (tertiary/aromatic N) is 3. The molecule has 0 saturated carbocycles. The molecule has 0 aromatic heterocycles. The number of carbonyl (C=O) groups is 1. The third-order valence-corrected chi connectivity index (χ3v) is 3.54. The third-order valence-electron chi connectivity index (χ3n) is 3.23. The van der Waals surface area contributed by atoms with Crippen molar-refractivity contribution in [2.75, 3.05) is 0 Å². The first-order valence-corrected chi connectivity index (χ1v) is 7.32. The number of carbonyl (C=O) groups excluding carboxylic acids is 1. The first-order valence-electron chi connectivity index (χ1n) is 6.94. The molecule has 1 amide bonds. The van der Waals surface area contributed by atoms with Crippen LogP contribution in [0.1, 0.15) is 21.5 Å². The highest BCUT2D eigenvalue weighted by Crippen LogP contribution is 2.31. The molecule has 11 heteroatoms. The standard InChI is InChI=1S/C15H11ClN4O6/c1-8-2-3-11(12(16)4-8)15(22)18-17-7-9-5-10(19(23)24)6-13(14(9)21)20(25)26/h2-7,21H,1H3,(H,18,22)/p-1/b17-7-. The molecule has 0 fully saturated rings. The molecule has 26 heavy (non-hydrogen) atoms. The Morgan fingerprint density at radius 2 is 1.88 bits per heavy atom. The van der Waals surface area contributed by atoms with Crippen LogP contribution >= 0.6 is 11.6 Å². The van der Waals surface area contributed by atoms with Crippen molar-refractivity contribution < 1.29 is 19.7 Å². The molecular weight excluding hydrogens is 368 g/mol. The Bertz CT molecular complexity index is 944. The van der Waals surface area contributed by atoms with Crippen molar-refractivity contribution in [3.63, 3.8) is 0 Å². The normalized spacial score (nSPS) is 10.7. The number of aryl methyl sites for hydroxylation is 1. The van der Waals surface area contributed by atoms with E-state index in [-0.39, 0.29) is 10.6 Å². The summed E-state index contributed by atoms with van der Waals surface area (Å²) in [4.78, 5) is 31.7. The van der Waals surface area contributed by atoms with Crippen LogP contribution in [0.4, 0.5) is 11.4 Å². The Hall–Kier alpha value is -3.53. The number of benzene rings is 2. The van der Waals surface area contributed by atoms with E-state index < -0.39 is 38.4 Å². The predicted octanol–water partition coefficient (Wildman–Crippen LogP) is 2.30. The zero-order valence-corrected chi connectivity index (χ0v) is 13.9. The van der Waals surface area contributed by atoms with E-state index in [4.69, 9.17) is 11.6 Å². The van der Waals surface area contributed by atoms with Crippen molar-refractivity contribution in [1.82, 2.24) is 5.43 Å². The molecule has 0 spiro atoms. The van der Waals surface area contributed by atoms with Gasteiger partial charge in [0.25, 0.3) is 17.3 Å². The van der Waals surface area contributed by atoms with Gasteiger partial charge in [-0.15, -0.1) is 0 Å². The quantitative estimate of drug-likeness (QED) is 0.479. The second kappa shape index (κ2) is 7.57. The van der Waals surface area contributed by atoms with E-state index in [9.17, 15) is 30.1 Å². The van der Waals surface area contributed by atoms with Crippen molar-refractivity contribution in [3.8, 4) is 5.75 Å². The molecule has 134 valence electrons. The fourth-order valence-electron chi connectivity index (χ4n) is 1.98. The third kappa shape index (κ3) is 4.11. The van der Waals surface area contributed by atoms with Gasteiger partial charge in [0.1, 0.15) is 0 Å². The number of hydrogen-bond acceptors (Lipinski definition) is 7. The van der Waals surface area contributed by atoms with E-state index in [2.05, 4.69) is 10.5 Å². The predicted molar refractivity (Wildman–Crippen MR) is 90.4 cm³/mol. The summed E-state index contributed by atoms with van der Waals surface area (Å²) in [5.74, 6) is -1.74. The van der Waals surface area contributed by atoms with Crippen molar-refractivity contribution in [2.24, 2.45) is 5.10 Å². The lowest BCUT2D eigenvalue weighted by molar-refractivity contribution is -0.403. The number of nitrogens with one attached hydrogen (secondary N) is 1. The number of hydrogen-bond donors (Lipinski definition) is 1. The second-order valence-electron chi connectivity index (χ2n) is 5.08. The molecule has 0 aliphatic carbocycles. The summed E-state index contributed by atoms with van der Waals surface area (Å²) in [7, 11) is 0. The summed E-state index contributed by atoms with van der Waals surface area (Å²) in [6, 6.07) is 6.08. The summed E-state index contributed by atoms with van der Waals surface area (Å²) >= 11 is 5.94. The summed E-state index contributed by atoms with van der Waals surface area (Å²) in [5.41, 5.74) is 1.04. The minimum atomic E-state index is -1.06. The maximum absolute atomic E-state index is 12.0. The molecule has 0 bridgehead atoms. The van der Waals surface area contributed by atoms with E-state index in [1.54, 1.807) is 19.1 Å². The van der Waals surface area contributed by atoms with Crippen LogP contribution in [0.2, 0.25) is 5.02 Å². The Morgan fingerprint density at radius 3 is 2.46 bits per heavy atom. The van der Waals surface area contributed by atoms with Crippen LogP contribution in [0.5, 0.6) is 5.75 Å². The highest BCUT2D eigenvalue weighted by atomic mass is 35.5. The van der Waals surface area contributed by atoms with Crippen LogP contribution in [-0.2, 0) is 0 Å². The van der Waals surface area contributed by atoms with Gasteiger partial charge in [-0.05, 0) is 30.4 Å². The summed E-state index contributed by atoms with van der Waals surface area (Å²) in [5, 5.41) is 37.3. The average molecular weight is 378 g/mol. The van der Waals surface area contributed by atoms with Gasteiger partial charge in [-0.2, -0.15) is 5.10 Å². The Labute approximate surface area is 151 Å². The molecule has 0 heterocycles. The molecular formula is C15H10ClN4O6-. The minimum Gasteiger partial charge on any atom is -0.867 e. The maximum Gasteiger partial charge on any atom is 0.276 e. The fraction of sp³-hybridized carbons (Fsp3) is 0.0667. The first kappa shape index (κ1) is 18.8. The highest BCUT2D eigenvalue weighted by molar-refractivity contribution is 6.33. The number of non-ortho nitro benzene ring substituents is 1. The second-order valence-corrected chi connectivity index (χ2v) is 5.49. The highest BCUT2D eigenvalue weighted by Gasteiger charge is 2.18. The molecule has 0 atom stereocenters. The topological polar surface area (TPSA) is 151 Å². The zero-order chi connectivity index (χ0) is 19.4. The molecule has 1 N–H and O–H groups in total. The number of rotatable bonds is 5. The minimum absolute atomic E-state index is 0.127. The van der Waals surface area contributed by atoms with Crippen molar-refractivity contribution in [1.29, 1.82) is 0 Å². The monoisotopic (exact) mass is 377 g/mol. The Kier molecular flexibility index (Phi) is 5.48. The lowest BCUT2D eigenvalue weighted by atomic mass is 10.1. The van der Waals surface area contributed by atoms with E-state index >= 15 is 0 Å². The van der Waals surface area contributed by atoms with E-state index in [1.807, 2.05) is 0 Å². The van der Waals surface area contributed by atoms with Gasteiger partial charge in [-0.1, -0.05) is 17.7 Å². The van der Waals surface area contributed by atoms with Crippen molar-refractivity contribution in [3.05, 3.63) is 72.3 Å². The van der Waals surface area contributed by atoms with Gasteiger partial charge in [0, 0.05) is 11.6 Å². The fourth-order valence-corrected chi connectivity index (χ4v) is 2.30. The van der Waals surface area contributed by atoms with Crippen LogP contribution in [0, 0.1) is 27.2 Å². The SMILES string of the molecule is Cc1ccc(C(=O)N/N=C\c2cc([N+](=O)[O-])cc([N+](=O)[O-])c2[O-])c(Cl)c1. The van der Waals surface area contributed by atoms with Crippen LogP contribution < -0.4 is 10.5 Å². The van der Waals surface area contributed by atoms with Crippen LogP contribution in [-0.4, -0.2) is 22.0 Å². The van der Waals surface area contributed by atoms with Gasteiger partial charge in [-0.25, -0.2) is 5.43 Å². The van der Waals surface area contributed by atoms with Gasteiger partial charge < -0.3 is 5.11 Å². The number of hydrazone groups is 1. The van der Waals surface area contributed by atoms with Gasteiger partial charge in [-0.3, -0.25) is 25.0 Å². The van der Waals surface area contributed by atoms with Crippen LogP contribution in [0.3, 0.4) is 0 Å². The van der Waals surface area contributed by atoms with Crippen LogP contribution in [0.25, 0.3) is 0 Å².